The summed E-state index contributed by atoms with van der Waals surface area (Å²) >= 11 is 0. The zero-order valence-corrected chi connectivity index (χ0v) is 14.9. The van der Waals surface area contributed by atoms with Gasteiger partial charge >= 0.3 is 0 Å². The van der Waals surface area contributed by atoms with Gasteiger partial charge in [-0.05, 0) is 38.0 Å². The van der Waals surface area contributed by atoms with Gasteiger partial charge in [0.15, 0.2) is 0 Å². The topological polar surface area (TPSA) is 36.4 Å². The lowest BCUT2D eigenvalue weighted by molar-refractivity contribution is -0.155. The number of aryl methyl sites for hydroxylation is 1. The second-order valence-electron chi connectivity index (χ2n) is 7.39. The summed E-state index contributed by atoms with van der Waals surface area (Å²) in [5.74, 6) is 0.220. The summed E-state index contributed by atoms with van der Waals surface area (Å²) in [5, 5.41) is 0. The highest BCUT2D eigenvalue weighted by atomic mass is 16.2. The number of rotatable bonds is 4. The largest absolute Gasteiger partial charge is 0.333 e. The molecule has 1 aromatic carbocycles. The van der Waals surface area contributed by atoms with Crippen LogP contribution in [0.2, 0.25) is 0 Å². The molecule has 0 spiro atoms. The van der Waals surface area contributed by atoms with Crippen molar-refractivity contribution in [2.75, 3.05) is 13.1 Å². The van der Waals surface area contributed by atoms with Gasteiger partial charge in [0, 0.05) is 37.4 Å². The number of carbonyl (C=O) groups excluding carboxylic acids is 1. The molecule has 0 radical (unpaired) electrons. The molecule has 3 unspecified atom stereocenters. The van der Waals surface area contributed by atoms with E-state index in [2.05, 4.69) is 26.9 Å². The van der Waals surface area contributed by atoms with E-state index in [-0.39, 0.29) is 11.8 Å². The van der Waals surface area contributed by atoms with Gasteiger partial charge in [0.2, 0.25) is 5.91 Å². The summed E-state index contributed by atoms with van der Waals surface area (Å²) in [4.78, 5) is 22.1. The third-order valence-corrected chi connectivity index (χ3v) is 5.52. The summed E-state index contributed by atoms with van der Waals surface area (Å²) in [5.41, 5.74) is 3.29. The first-order chi connectivity index (χ1) is 12.1. The fourth-order valence-corrected chi connectivity index (χ4v) is 4.21. The average Bonchev–Trinajstić information content (AvgIpc) is 2.61. The van der Waals surface area contributed by atoms with Crippen molar-refractivity contribution >= 4 is 5.91 Å². The van der Waals surface area contributed by atoms with E-state index >= 15 is 0 Å². The van der Waals surface area contributed by atoms with Crippen LogP contribution in [-0.2, 0) is 11.3 Å². The van der Waals surface area contributed by atoms with E-state index < -0.39 is 0 Å². The summed E-state index contributed by atoms with van der Waals surface area (Å²) in [7, 11) is 0. The van der Waals surface area contributed by atoms with Crippen LogP contribution < -0.4 is 0 Å². The first-order valence-electron chi connectivity index (χ1n) is 9.14. The van der Waals surface area contributed by atoms with E-state index in [0.29, 0.717) is 12.1 Å². The molecule has 3 fully saturated rings. The van der Waals surface area contributed by atoms with Crippen LogP contribution in [0.5, 0.6) is 0 Å². The minimum atomic E-state index is -0.0588. The molecule has 3 saturated heterocycles. The molecule has 3 atom stereocenters. The maximum atomic E-state index is 12.9. The highest BCUT2D eigenvalue weighted by Crippen LogP contribution is 2.35. The van der Waals surface area contributed by atoms with Crippen LogP contribution in [-0.4, -0.2) is 45.9 Å². The molecule has 4 heterocycles. The Morgan fingerprint density at radius 1 is 1.12 bits per heavy atom. The Hall–Kier alpha value is -2.20. The summed E-state index contributed by atoms with van der Waals surface area (Å²) in [6.07, 6.45) is 1.14. The van der Waals surface area contributed by atoms with Gasteiger partial charge in [-0.1, -0.05) is 36.4 Å². The van der Waals surface area contributed by atoms with E-state index in [0.717, 1.165) is 43.0 Å². The van der Waals surface area contributed by atoms with Crippen molar-refractivity contribution in [3.05, 3.63) is 65.5 Å². The SMILES string of the molecule is Cc1cccc(CN2CC3CC(C2)N3C(=O)C(C)c2ccccc2)n1. The Kier molecular flexibility index (Phi) is 4.30. The molecule has 2 aromatic rings. The molecule has 4 nitrogen and oxygen atoms in total. The van der Waals surface area contributed by atoms with Crippen molar-refractivity contribution in [1.29, 1.82) is 0 Å². The number of hydrogen-bond acceptors (Lipinski definition) is 3. The third kappa shape index (κ3) is 3.19. The molecule has 0 N–H and O–H groups in total. The van der Waals surface area contributed by atoms with Gasteiger partial charge in [0.25, 0.3) is 0 Å². The molecule has 0 saturated carbocycles. The van der Waals surface area contributed by atoms with Gasteiger partial charge < -0.3 is 4.90 Å². The Labute approximate surface area is 149 Å². The number of amides is 1. The number of pyridine rings is 1. The molecule has 4 heteroatoms. The van der Waals surface area contributed by atoms with E-state index in [1.807, 2.05) is 50.2 Å². The number of aromatic nitrogens is 1. The highest BCUT2D eigenvalue weighted by molar-refractivity contribution is 5.84. The minimum Gasteiger partial charge on any atom is -0.333 e. The summed E-state index contributed by atoms with van der Waals surface area (Å²) in [6, 6.07) is 17.0. The lowest BCUT2D eigenvalue weighted by Crippen LogP contribution is -2.70. The first-order valence-corrected chi connectivity index (χ1v) is 9.14. The van der Waals surface area contributed by atoms with Gasteiger partial charge in [0.1, 0.15) is 0 Å². The lowest BCUT2D eigenvalue weighted by Gasteiger charge is -2.57. The van der Waals surface area contributed by atoms with Crippen molar-refractivity contribution in [3.8, 4) is 0 Å². The highest BCUT2D eigenvalue weighted by Gasteiger charge is 2.47. The van der Waals surface area contributed by atoms with Crippen LogP contribution in [0, 0.1) is 6.92 Å². The Morgan fingerprint density at radius 2 is 1.84 bits per heavy atom. The summed E-state index contributed by atoms with van der Waals surface area (Å²) in [6.45, 7) is 6.85. The van der Waals surface area contributed by atoms with Crippen LogP contribution in [0.4, 0.5) is 0 Å². The van der Waals surface area contributed by atoms with Gasteiger partial charge in [-0.2, -0.15) is 0 Å². The number of benzene rings is 1. The van der Waals surface area contributed by atoms with Gasteiger partial charge in [0.05, 0.1) is 11.6 Å². The van der Waals surface area contributed by atoms with E-state index in [1.165, 1.54) is 0 Å². The molecule has 1 amide bonds. The number of piperazine rings is 1. The molecule has 3 aliphatic heterocycles. The predicted molar refractivity (Wildman–Crippen MR) is 98.1 cm³/mol. The number of nitrogens with zero attached hydrogens (tertiary/aromatic N) is 3. The molecular formula is C21H25N3O. The Balaban J connectivity index is 1.39. The Bertz CT molecular complexity index is 749. The van der Waals surface area contributed by atoms with Crippen LogP contribution in [0.25, 0.3) is 0 Å². The molecule has 5 rings (SSSR count). The quantitative estimate of drug-likeness (QED) is 0.862. The average molecular weight is 335 g/mol. The van der Waals surface area contributed by atoms with Crippen LogP contribution >= 0.6 is 0 Å². The van der Waals surface area contributed by atoms with Crippen molar-refractivity contribution in [3.63, 3.8) is 0 Å². The molecule has 3 aliphatic rings. The normalized spacial score (nSPS) is 23.8. The van der Waals surface area contributed by atoms with E-state index in [9.17, 15) is 4.79 Å². The smallest absolute Gasteiger partial charge is 0.230 e. The van der Waals surface area contributed by atoms with Crippen molar-refractivity contribution in [1.82, 2.24) is 14.8 Å². The van der Waals surface area contributed by atoms with Gasteiger partial charge in [-0.15, -0.1) is 0 Å². The zero-order chi connectivity index (χ0) is 17.4. The maximum Gasteiger partial charge on any atom is 0.230 e. The fraction of sp³-hybridized carbons (Fsp3) is 0.429. The van der Waals surface area contributed by atoms with Crippen molar-refractivity contribution in [2.45, 2.75) is 44.8 Å². The monoisotopic (exact) mass is 335 g/mol. The van der Waals surface area contributed by atoms with E-state index in [4.69, 9.17) is 0 Å². The van der Waals surface area contributed by atoms with Crippen molar-refractivity contribution in [2.24, 2.45) is 0 Å². The van der Waals surface area contributed by atoms with Crippen LogP contribution in [0.15, 0.2) is 48.5 Å². The zero-order valence-electron chi connectivity index (χ0n) is 14.9. The molecule has 0 aliphatic carbocycles. The number of piperidine rings is 1. The second-order valence-corrected chi connectivity index (χ2v) is 7.39. The van der Waals surface area contributed by atoms with Gasteiger partial charge in [-0.3, -0.25) is 14.7 Å². The lowest BCUT2D eigenvalue weighted by atomic mass is 9.85. The first kappa shape index (κ1) is 16.3. The molecule has 25 heavy (non-hydrogen) atoms. The maximum absolute atomic E-state index is 12.9. The molecule has 1 aromatic heterocycles. The van der Waals surface area contributed by atoms with Crippen LogP contribution in [0.1, 0.15) is 36.2 Å². The molecular weight excluding hydrogens is 310 g/mol. The fourth-order valence-electron chi connectivity index (χ4n) is 4.21. The van der Waals surface area contributed by atoms with E-state index in [1.54, 1.807) is 0 Å². The molecule has 130 valence electrons. The number of carbonyl (C=O) groups is 1. The molecule has 2 bridgehead atoms. The third-order valence-electron chi connectivity index (χ3n) is 5.52. The second kappa shape index (κ2) is 6.60. The van der Waals surface area contributed by atoms with Crippen molar-refractivity contribution < 1.29 is 4.79 Å². The minimum absolute atomic E-state index is 0.0588. The Morgan fingerprint density at radius 3 is 2.52 bits per heavy atom. The standard InChI is InChI=1S/C21H25N3O/c1-15-7-6-10-18(22-15)12-23-13-19-11-20(14-23)24(19)21(25)16(2)17-8-4-3-5-9-17/h3-10,16,19-20H,11-14H2,1-2H3. The van der Waals surface area contributed by atoms with Gasteiger partial charge in [-0.25, -0.2) is 0 Å². The predicted octanol–water partition coefficient (Wildman–Crippen LogP) is 2.98. The number of hydrogen-bond donors (Lipinski definition) is 0. The summed E-state index contributed by atoms with van der Waals surface area (Å²) < 4.78 is 0. The van der Waals surface area contributed by atoms with Crippen LogP contribution in [0.3, 0.4) is 0 Å². The number of fused-ring (bicyclic) bond motifs is 2.